The molecule has 0 fully saturated rings. The van der Waals surface area contributed by atoms with Crippen molar-refractivity contribution in [3.8, 4) is 11.4 Å². The lowest BCUT2D eigenvalue weighted by atomic mass is 10.1. The van der Waals surface area contributed by atoms with Crippen molar-refractivity contribution in [2.45, 2.75) is 26.8 Å². The molecule has 3 heterocycles. The molecule has 0 aliphatic rings. The first-order valence-corrected chi connectivity index (χ1v) is 7.80. The predicted octanol–water partition coefficient (Wildman–Crippen LogP) is 3.23. The van der Waals surface area contributed by atoms with E-state index in [0.29, 0.717) is 24.7 Å². The molecule has 0 aromatic carbocycles. The Kier molecular flexibility index (Phi) is 4.69. The molecule has 0 aliphatic heterocycles. The lowest BCUT2D eigenvalue weighted by Gasteiger charge is -2.07. The number of hydrogen-bond donors (Lipinski definition) is 1. The van der Waals surface area contributed by atoms with Crippen molar-refractivity contribution in [1.82, 2.24) is 19.7 Å². The molecule has 7 nitrogen and oxygen atoms in total. The van der Waals surface area contributed by atoms with Gasteiger partial charge in [0.2, 0.25) is 11.9 Å². The van der Waals surface area contributed by atoms with E-state index in [9.17, 15) is 4.79 Å². The Morgan fingerprint density at radius 3 is 2.88 bits per heavy atom. The molecule has 0 aliphatic carbocycles. The first kappa shape index (κ1) is 15.9. The van der Waals surface area contributed by atoms with Crippen LogP contribution in [0.4, 0.5) is 5.95 Å². The maximum absolute atomic E-state index is 12.5. The van der Waals surface area contributed by atoms with Gasteiger partial charge in [-0.15, -0.1) is 5.10 Å². The Hall–Kier alpha value is -2.96. The van der Waals surface area contributed by atoms with Crippen LogP contribution in [0.2, 0.25) is 0 Å². The fourth-order valence-corrected chi connectivity index (χ4v) is 2.23. The minimum absolute atomic E-state index is 0.102. The summed E-state index contributed by atoms with van der Waals surface area (Å²) in [6.45, 7) is 4.41. The van der Waals surface area contributed by atoms with Gasteiger partial charge in [-0.3, -0.25) is 9.78 Å². The summed E-state index contributed by atoms with van der Waals surface area (Å²) in [4.78, 5) is 21.0. The third kappa shape index (κ3) is 3.68. The highest BCUT2D eigenvalue weighted by Crippen LogP contribution is 2.18. The normalized spacial score (nSPS) is 11.0. The third-order valence-electron chi connectivity index (χ3n) is 3.35. The van der Waals surface area contributed by atoms with E-state index >= 15 is 0 Å². The van der Waals surface area contributed by atoms with Crippen molar-refractivity contribution in [2.75, 3.05) is 5.32 Å². The highest BCUT2D eigenvalue weighted by Gasteiger charge is 2.18. The first-order chi connectivity index (χ1) is 11.6. The first-order valence-electron chi connectivity index (χ1n) is 7.80. The van der Waals surface area contributed by atoms with E-state index in [4.69, 9.17) is 4.42 Å². The van der Waals surface area contributed by atoms with Crippen LogP contribution in [0.1, 0.15) is 30.8 Å². The number of pyridine rings is 1. The smallest absolute Gasteiger partial charge is 0.250 e. The minimum atomic E-state index is -0.102. The molecule has 0 saturated heterocycles. The number of rotatable bonds is 6. The summed E-state index contributed by atoms with van der Waals surface area (Å²) in [5, 5.41) is 7.47. The number of aromatic nitrogens is 4. The molecule has 0 atom stereocenters. The van der Waals surface area contributed by atoms with E-state index in [0.717, 1.165) is 11.3 Å². The molecule has 3 aromatic rings. The lowest BCUT2D eigenvalue weighted by molar-refractivity contribution is 0.0873. The zero-order valence-electron chi connectivity index (χ0n) is 13.6. The molecular formula is C17H19N5O2. The van der Waals surface area contributed by atoms with Gasteiger partial charge in [-0.05, 0) is 30.2 Å². The van der Waals surface area contributed by atoms with Crippen molar-refractivity contribution in [3.05, 3.63) is 48.7 Å². The van der Waals surface area contributed by atoms with Gasteiger partial charge in [-0.1, -0.05) is 13.8 Å². The maximum atomic E-state index is 12.5. The zero-order chi connectivity index (χ0) is 16.9. The van der Waals surface area contributed by atoms with Crippen molar-refractivity contribution in [2.24, 2.45) is 5.92 Å². The van der Waals surface area contributed by atoms with Crippen LogP contribution < -0.4 is 5.32 Å². The molecule has 24 heavy (non-hydrogen) atoms. The standard InChI is InChI=1S/C17H19N5O2/c1-12(2)9-15(23)22-17(19-11-14-6-4-8-24-14)20-16(21-22)13-5-3-7-18-10-13/h3-8,10,12H,9,11H2,1-2H3,(H,19,20,21). The maximum Gasteiger partial charge on any atom is 0.250 e. The quantitative estimate of drug-likeness (QED) is 0.749. The van der Waals surface area contributed by atoms with E-state index < -0.39 is 0 Å². The molecule has 7 heteroatoms. The summed E-state index contributed by atoms with van der Waals surface area (Å²) in [6.07, 6.45) is 5.35. The number of nitrogens with zero attached hydrogens (tertiary/aromatic N) is 4. The van der Waals surface area contributed by atoms with E-state index in [1.807, 2.05) is 38.1 Å². The van der Waals surface area contributed by atoms with Gasteiger partial charge in [-0.25, -0.2) is 0 Å². The van der Waals surface area contributed by atoms with Crippen LogP contribution in [0.5, 0.6) is 0 Å². The van der Waals surface area contributed by atoms with Gasteiger partial charge in [0, 0.05) is 24.4 Å². The van der Waals surface area contributed by atoms with E-state index in [1.54, 1.807) is 18.7 Å². The topological polar surface area (TPSA) is 85.8 Å². The number of hydrogen-bond acceptors (Lipinski definition) is 6. The van der Waals surface area contributed by atoms with Crippen molar-refractivity contribution in [3.63, 3.8) is 0 Å². The molecule has 3 aromatic heterocycles. The van der Waals surface area contributed by atoms with Crippen LogP contribution in [0.15, 0.2) is 47.3 Å². The van der Waals surface area contributed by atoms with E-state index in [2.05, 4.69) is 20.4 Å². The van der Waals surface area contributed by atoms with Crippen LogP contribution in [0, 0.1) is 5.92 Å². The molecule has 0 amide bonds. The van der Waals surface area contributed by atoms with Gasteiger partial charge in [0.05, 0.1) is 12.8 Å². The average molecular weight is 325 g/mol. The van der Waals surface area contributed by atoms with Crippen molar-refractivity contribution >= 4 is 11.9 Å². The van der Waals surface area contributed by atoms with Gasteiger partial charge in [0.15, 0.2) is 5.82 Å². The summed E-state index contributed by atoms with van der Waals surface area (Å²) in [7, 11) is 0. The zero-order valence-corrected chi connectivity index (χ0v) is 13.6. The average Bonchev–Trinajstić information content (AvgIpc) is 3.23. The molecule has 0 radical (unpaired) electrons. The van der Waals surface area contributed by atoms with E-state index in [1.165, 1.54) is 4.68 Å². The second-order valence-electron chi connectivity index (χ2n) is 5.84. The fraction of sp³-hybridized carbons (Fsp3) is 0.294. The summed E-state index contributed by atoms with van der Waals surface area (Å²) in [5.41, 5.74) is 0.759. The third-order valence-corrected chi connectivity index (χ3v) is 3.35. The monoisotopic (exact) mass is 325 g/mol. The number of anilines is 1. The van der Waals surface area contributed by atoms with Gasteiger partial charge in [0.1, 0.15) is 5.76 Å². The number of carbonyl (C=O) groups is 1. The van der Waals surface area contributed by atoms with Gasteiger partial charge in [0.25, 0.3) is 0 Å². The van der Waals surface area contributed by atoms with Crippen LogP contribution in [-0.2, 0) is 6.54 Å². The predicted molar refractivity (Wildman–Crippen MR) is 89.4 cm³/mol. The fourth-order valence-electron chi connectivity index (χ4n) is 2.23. The van der Waals surface area contributed by atoms with Gasteiger partial charge < -0.3 is 9.73 Å². The molecular weight excluding hydrogens is 306 g/mol. The number of furan rings is 1. The molecule has 124 valence electrons. The Balaban J connectivity index is 1.88. The molecule has 0 unspecified atom stereocenters. The molecule has 1 N–H and O–H groups in total. The van der Waals surface area contributed by atoms with Crippen LogP contribution in [0.3, 0.4) is 0 Å². The second kappa shape index (κ2) is 7.08. The molecule has 0 bridgehead atoms. The Morgan fingerprint density at radius 1 is 1.33 bits per heavy atom. The highest BCUT2D eigenvalue weighted by atomic mass is 16.3. The second-order valence-corrected chi connectivity index (χ2v) is 5.84. The highest BCUT2D eigenvalue weighted by molar-refractivity contribution is 5.81. The van der Waals surface area contributed by atoms with Crippen LogP contribution in [-0.4, -0.2) is 25.7 Å². The Bertz CT molecular complexity index is 794. The summed E-state index contributed by atoms with van der Waals surface area (Å²) in [6, 6.07) is 7.33. The number of nitrogens with one attached hydrogen (secondary N) is 1. The van der Waals surface area contributed by atoms with Crippen LogP contribution in [0.25, 0.3) is 11.4 Å². The summed E-state index contributed by atoms with van der Waals surface area (Å²) in [5.74, 6) is 1.75. The largest absolute Gasteiger partial charge is 0.467 e. The molecule has 0 spiro atoms. The van der Waals surface area contributed by atoms with Crippen molar-refractivity contribution < 1.29 is 9.21 Å². The minimum Gasteiger partial charge on any atom is -0.467 e. The van der Waals surface area contributed by atoms with E-state index in [-0.39, 0.29) is 11.8 Å². The molecule has 0 saturated carbocycles. The molecule has 3 rings (SSSR count). The SMILES string of the molecule is CC(C)CC(=O)n1nc(-c2cccnc2)nc1NCc1ccco1. The van der Waals surface area contributed by atoms with Gasteiger partial charge >= 0.3 is 0 Å². The van der Waals surface area contributed by atoms with Crippen molar-refractivity contribution in [1.29, 1.82) is 0 Å². The summed E-state index contributed by atoms with van der Waals surface area (Å²) < 4.78 is 6.62. The summed E-state index contributed by atoms with van der Waals surface area (Å²) >= 11 is 0. The Morgan fingerprint density at radius 2 is 2.21 bits per heavy atom. The van der Waals surface area contributed by atoms with Crippen LogP contribution >= 0.6 is 0 Å². The Labute approximate surface area is 139 Å². The lowest BCUT2D eigenvalue weighted by Crippen LogP contribution is -2.18. The van der Waals surface area contributed by atoms with Gasteiger partial charge in [-0.2, -0.15) is 9.67 Å². The number of carbonyl (C=O) groups excluding carboxylic acids is 1.